The number of hydrogen-bond donors (Lipinski definition) is 0. The maximum absolute atomic E-state index is 12.5. The summed E-state index contributed by atoms with van der Waals surface area (Å²) in [5, 5.41) is 0. The first-order valence-electron chi connectivity index (χ1n) is 12.1. The largest absolute Gasteiger partial charge is 0.477 e. The Labute approximate surface area is 186 Å². The SMILES string of the molecule is CCOc1cncc(C2=CC[C@@H]3[C@@H]4CC=C5N(CC)C(=O)CCC5(C)[C@H]4CCC23C)n1. The summed E-state index contributed by atoms with van der Waals surface area (Å²) in [7, 11) is 0. The van der Waals surface area contributed by atoms with Gasteiger partial charge in [0.15, 0.2) is 0 Å². The van der Waals surface area contributed by atoms with Gasteiger partial charge in [0.25, 0.3) is 0 Å². The average molecular weight is 422 g/mol. The Bertz CT molecular complexity index is 954. The number of likely N-dealkylation sites (tertiary alicyclic amines) is 1. The number of carbonyl (C=O) groups is 1. The number of nitrogens with zero attached hydrogens (tertiary/aromatic N) is 3. The molecule has 5 heteroatoms. The Hall–Kier alpha value is -2.17. The van der Waals surface area contributed by atoms with Crippen LogP contribution in [0.1, 0.15) is 71.9 Å². The quantitative estimate of drug-likeness (QED) is 0.666. The Morgan fingerprint density at radius 2 is 1.94 bits per heavy atom. The second-order valence-electron chi connectivity index (χ2n) is 10.2. The molecule has 1 amide bonds. The van der Waals surface area contributed by atoms with E-state index in [0.29, 0.717) is 42.6 Å². The minimum atomic E-state index is 0.131. The maximum Gasteiger partial charge on any atom is 0.232 e. The highest BCUT2D eigenvalue weighted by Crippen LogP contribution is 2.65. The molecule has 0 spiro atoms. The summed E-state index contributed by atoms with van der Waals surface area (Å²) < 4.78 is 5.62. The van der Waals surface area contributed by atoms with Gasteiger partial charge >= 0.3 is 0 Å². The zero-order valence-corrected chi connectivity index (χ0v) is 19.4. The third kappa shape index (κ3) is 2.99. The molecule has 0 bridgehead atoms. The minimum Gasteiger partial charge on any atom is -0.477 e. The lowest BCUT2D eigenvalue weighted by Gasteiger charge is -2.58. The average Bonchev–Trinajstić information content (AvgIpc) is 3.12. The molecule has 5 rings (SSSR count). The number of ether oxygens (including phenoxy) is 1. The number of fused-ring (bicyclic) bond motifs is 5. The van der Waals surface area contributed by atoms with Gasteiger partial charge in [-0.25, -0.2) is 4.98 Å². The smallest absolute Gasteiger partial charge is 0.232 e. The van der Waals surface area contributed by atoms with Crippen molar-refractivity contribution in [2.75, 3.05) is 13.2 Å². The van der Waals surface area contributed by atoms with Gasteiger partial charge in [0, 0.05) is 24.1 Å². The monoisotopic (exact) mass is 421 g/mol. The van der Waals surface area contributed by atoms with Gasteiger partial charge in [-0.05, 0) is 74.7 Å². The minimum absolute atomic E-state index is 0.131. The molecule has 3 aliphatic carbocycles. The van der Waals surface area contributed by atoms with Crippen LogP contribution in [0.4, 0.5) is 0 Å². The Balaban J connectivity index is 1.46. The maximum atomic E-state index is 12.5. The van der Waals surface area contributed by atoms with Crippen molar-refractivity contribution in [1.29, 1.82) is 0 Å². The molecule has 1 aromatic heterocycles. The first-order valence-corrected chi connectivity index (χ1v) is 12.1. The normalized spacial score (nSPS) is 36.8. The van der Waals surface area contributed by atoms with E-state index in [2.05, 4.69) is 42.8 Å². The number of aromatic nitrogens is 2. The van der Waals surface area contributed by atoms with E-state index < -0.39 is 0 Å². The standard InChI is InChI=1S/C26H35N3O2/c1-5-29-22-10-7-17-18-8-9-20(21-15-27-16-23(28-21)31-6-2)25(18,3)13-11-19(17)26(22,4)14-12-24(29)30/h9-10,15-19H,5-8,11-14H2,1-4H3/t17-,18+,19-,25?,26?/m0/s1. The second-order valence-corrected chi connectivity index (χ2v) is 10.2. The fourth-order valence-electron chi connectivity index (χ4n) is 7.45. The van der Waals surface area contributed by atoms with E-state index in [1.54, 1.807) is 6.20 Å². The van der Waals surface area contributed by atoms with Crippen LogP contribution in [-0.4, -0.2) is 33.9 Å². The molecule has 5 nitrogen and oxygen atoms in total. The van der Waals surface area contributed by atoms with Crippen molar-refractivity contribution in [2.24, 2.45) is 28.6 Å². The predicted molar refractivity (Wildman–Crippen MR) is 121 cm³/mol. The van der Waals surface area contributed by atoms with Crippen LogP contribution in [0.15, 0.2) is 30.2 Å². The van der Waals surface area contributed by atoms with Gasteiger partial charge in [0.2, 0.25) is 11.8 Å². The highest BCUT2D eigenvalue weighted by Gasteiger charge is 2.58. The van der Waals surface area contributed by atoms with Crippen LogP contribution in [-0.2, 0) is 4.79 Å². The van der Waals surface area contributed by atoms with Gasteiger partial charge in [-0.2, -0.15) is 0 Å². The molecular weight excluding hydrogens is 386 g/mol. The summed E-state index contributed by atoms with van der Waals surface area (Å²) in [6.45, 7) is 10.4. The van der Waals surface area contributed by atoms with Gasteiger partial charge < -0.3 is 9.64 Å². The highest BCUT2D eigenvalue weighted by atomic mass is 16.5. The van der Waals surface area contributed by atoms with E-state index in [0.717, 1.165) is 31.5 Å². The second kappa shape index (κ2) is 7.46. The van der Waals surface area contributed by atoms with E-state index in [-0.39, 0.29) is 10.8 Å². The number of hydrogen-bond acceptors (Lipinski definition) is 4. The van der Waals surface area contributed by atoms with Crippen LogP contribution >= 0.6 is 0 Å². The topological polar surface area (TPSA) is 55.3 Å². The molecule has 2 fully saturated rings. The molecule has 1 aliphatic heterocycles. The summed E-state index contributed by atoms with van der Waals surface area (Å²) >= 11 is 0. The summed E-state index contributed by atoms with van der Waals surface area (Å²) in [6.07, 6.45) is 14.7. The number of carbonyl (C=O) groups excluding carboxylic acids is 1. The Morgan fingerprint density at radius 3 is 2.71 bits per heavy atom. The highest BCUT2D eigenvalue weighted by molar-refractivity contribution is 5.80. The first kappa shape index (κ1) is 20.7. The number of amides is 1. The molecule has 0 radical (unpaired) electrons. The molecule has 0 N–H and O–H groups in total. The Kier molecular flexibility index (Phi) is 4.98. The molecule has 0 aromatic carbocycles. The van der Waals surface area contributed by atoms with E-state index in [4.69, 9.17) is 9.72 Å². The van der Waals surface area contributed by atoms with Crippen molar-refractivity contribution in [2.45, 2.75) is 66.2 Å². The van der Waals surface area contributed by atoms with Crippen molar-refractivity contribution in [3.05, 3.63) is 35.9 Å². The molecule has 2 heterocycles. The van der Waals surface area contributed by atoms with Crippen molar-refractivity contribution >= 4 is 11.5 Å². The number of rotatable bonds is 4. The van der Waals surface area contributed by atoms with E-state index >= 15 is 0 Å². The lowest BCUT2D eigenvalue weighted by atomic mass is 9.49. The van der Waals surface area contributed by atoms with Crippen LogP contribution < -0.4 is 4.74 Å². The fourth-order valence-corrected chi connectivity index (χ4v) is 7.45. The molecule has 31 heavy (non-hydrogen) atoms. The predicted octanol–water partition coefficient (Wildman–Crippen LogP) is 5.25. The molecule has 1 saturated heterocycles. The summed E-state index contributed by atoms with van der Waals surface area (Å²) in [5.74, 6) is 2.87. The summed E-state index contributed by atoms with van der Waals surface area (Å²) in [5.41, 5.74) is 3.92. The van der Waals surface area contributed by atoms with Crippen molar-refractivity contribution in [3.63, 3.8) is 0 Å². The van der Waals surface area contributed by atoms with Gasteiger partial charge in [-0.1, -0.05) is 26.0 Å². The van der Waals surface area contributed by atoms with Gasteiger partial charge in [-0.3, -0.25) is 9.78 Å². The molecule has 1 aromatic rings. The summed E-state index contributed by atoms with van der Waals surface area (Å²) in [6, 6.07) is 0. The third-order valence-electron chi connectivity index (χ3n) is 8.95. The van der Waals surface area contributed by atoms with E-state index in [1.165, 1.54) is 24.1 Å². The summed E-state index contributed by atoms with van der Waals surface area (Å²) in [4.78, 5) is 23.8. The van der Waals surface area contributed by atoms with Crippen LogP contribution in [0.25, 0.3) is 5.57 Å². The third-order valence-corrected chi connectivity index (χ3v) is 8.95. The lowest BCUT2D eigenvalue weighted by Crippen LogP contribution is -2.54. The van der Waals surface area contributed by atoms with Crippen molar-refractivity contribution < 1.29 is 9.53 Å². The molecule has 4 aliphatic rings. The Morgan fingerprint density at radius 1 is 1.10 bits per heavy atom. The van der Waals surface area contributed by atoms with Gasteiger partial charge in [0.1, 0.15) is 0 Å². The van der Waals surface area contributed by atoms with Crippen molar-refractivity contribution in [3.8, 4) is 5.88 Å². The van der Waals surface area contributed by atoms with Crippen molar-refractivity contribution in [1.82, 2.24) is 14.9 Å². The zero-order valence-electron chi connectivity index (χ0n) is 19.4. The molecule has 5 atom stereocenters. The van der Waals surface area contributed by atoms with Crippen LogP contribution in [0.5, 0.6) is 5.88 Å². The molecule has 2 unspecified atom stereocenters. The fraction of sp³-hybridized carbons (Fsp3) is 0.654. The van der Waals surface area contributed by atoms with Crippen LogP contribution in [0, 0.1) is 28.6 Å². The first-order chi connectivity index (χ1) is 14.9. The van der Waals surface area contributed by atoms with E-state index in [1.807, 2.05) is 13.1 Å². The van der Waals surface area contributed by atoms with Crippen LogP contribution in [0.3, 0.4) is 0 Å². The molecule has 1 saturated carbocycles. The van der Waals surface area contributed by atoms with Gasteiger partial charge in [0.05, 0.1) is 24.7 Å². The molecular formula is C26H35N3O2. The number of allylic oxidation sites excluding steroid dienone is 4. The van der Waals surface area contributed by atoms with E-state index in [9.17, 15) is 4.79 Å². The number of piperidine rings is 1. The molecule has 166 valence electrons. The van der Waals surface area contributed by atoms with Gasteiger partial charge in [-0.15, -0.1) is 0 Å². The lowest BCUT2D eigenvalue weighted by molar-refractivity contribution is -0.136. The zero-order chi connectivity index (χ0) is 21.8. The van der Waals surface area contributed by atoms with Crippen LogP contribution in [0.2, 0.25) is 0 Å².